The molecular formula is C11H8N2O3. The van der Waals surface area contributed by atoms with E-state index in [2.05, 4.69) is 5.32 Å². The normalized spacial score (nSPS) is 10.0. The minimum Gasteiger partial charge on any atom is -0.328 e. The van der Waals surface area contributed by atoms with E-state index in [9.17, 15) is 14.9 Å². The van der Waals surface area contributed by atoms with E-state index in [0.717, 1.165) is 0 Å². The van der Waals surface area contributed by atoms with Crippen molar-refractivity contribution in [3.63, 3.8) is 0 Å². The van der Waals surface area contributed by atoms with Gasteiger partial charge >= 0.3 is 0 Å². The maximum Gasteiger partial charge on any atom is 0.277 e. The third kappa shape index (κ3) is 1.58. The lowest BCUT2D eigenvalue weighted by atomic mass is 10.1. The zero-order valence-electron chi connectivity index (χ0n) is 8.21. The molecule has 0 atom stereocenters. The van der Waals surface area contributed by atoms with Gasteiger partial charge in [0.15, 0.2) is 0 Å². The molecule has 0 aromatic heterocycles. The summed E-state index contributed by atoms with van der Waals surface area (Å²) in [5, 5.41) is 14.5. The molecule has 5 heteroatoms. The highest BCUT2D eigenvalue weighted by Crippen LogP contribution is 2.29. The second kappa shape index (κ2) is 3.98. The molecule has 5 nitrogen and oxygen atoms in total. The number of non-ortho nitro benzene ring substituents is 1. The molecule has 16 heavy (non-hydrogen) atoms. The van der Waals surface area contributed by atoms with Crippen LogP contribution in [0.5, 0.6) is 0 Å². The van der Waals surface area contributed by atoms with E-state index >= 15 is 0 Å². The van der Waals surface area contributed by atoms with Crippen molar-refractivity contribution in [1.29, 1.82) is 0 Å². The number of carbonyl (C=O) groups is 1. The van der Waals surface area contributed by atoms with Crippen LogP contribution in [0.15, 0.2) is 36.4 Å². The quantitative estimate of drug-likeness (QED) is 0.486. The Balaban J connectivity index is 2.75. The predicted octanol–water partition coefficient (Wildman–Crippen LogP) is 2.32. The van der Waals surface area contributed by atoms with Gasteiger partial charge < -0.3 is 5.32 Å². The molecule has 0 heterocycles. The van der Waals surface area contributed by atoms with E-state index in [1.807, 2.05) is 0 Å². The summed E-state index contributed by atoms with van der Waals surface area (Å²) in [4.78, 5) is 20.8. The highest BCUT2D eigenvalue weighted by atomic mass is 16.6. The minimum atomic E-state index is -0.437. The number of rotatable bonds is 3. The number of nitro groups is 1. The molecule has 1 amide bonds. The van der Waals surface area contributed by atoms with Gasteiger partial charge in [-0.3, -0.25) is 14.9 Å². The third-order valence-corrected chi connectivity index (χ3v) is 2.31. The summed E-state index contributed by atoms with van der Waals surface area (Å²) in [5.74, 6) is 0. The number of carbonyl (C=O) groups excluding carboxylic acids is 1. The standard InChI is InChI=1S/C11H8N2O3/c14-7-12-10-5-1-4-9-8(10)3-2-6-11(9)13(15)16/h1-7H,(H,12,14). The Hall–Kier alpha value is -2.43. The Bertz CT molecular complexity index is 566. The highest BCUT2D eigenvalue weighted by molar-refractivity contribution is 6.01. The smallest absolute Gasteiger partial charge is 0.277 e. The van der Waals surface area contributed by atoms with Crippen LogP contribution in [0.1, 0.15) is 0 Å². The lowest BCUT2D eigenvalue weighted by Crippen LogP contribution is -1.95. The Morgan fingerprint density at radius 2 is 1.81 bits per heavy atom. The molecule has 0 aliphatic carbocycles. The van der Waals surface area contributed by atoms with Crippen molar-refractivity contribution in [2.24, 2.45) is 0 Å². The Labute approximate surface area is 90.8 Å². The minimum absolute atomic E-state index is 0.0343. The van der Waals surface area contributed by atoms with Crippen LogP contribution in [0, 0.1) is 10.1 Å². The van der Waals surface area contributed by atoms with Crippen molar-refractivity contribution < 1.29 is 9.72 Å². The molecule has 0 spiro atoms. The van der Waals surface area contributed by atoms with Crippen LogP contribution < -0.4 is 5.32 Å². The van der Waals surface area contributed by atoms with Gasteiger partial charge in [0.05, 0.1) is 10.3 Å². The molecule has 1 N–H and O–H groups in total. The van der Waals surface area contributed by atoms with E-state index < -0.39 is 4.92 Å². The first-order valence-corrected chi connectivity index (χ1v) is 4.60. The summed E-state index contributed by atoms with van der Waals surface area (Å²) in [6.07, 6.45) is 0.549. The van der Waals surface area contributed by atoms with Crippen molar-refractivity contribution in [1.82, 2.24) is 0 Å². The number of nitro benzene ring substituents is 1. The van der Waals surface area contributed by atoms with Crippen LogP contribution in [-0.4, -0.2) is 11.3 Å². The molecule has 0 fully saturated rings. The summed E-state index contributed by atoms with van der Waals surface area (Å²) >= 11 is 0. The summed E-state index contributed by atoms with van der Waals surface area (Å²) in [7, 11) is 0. The molecule has 0 saturated heterocycles. The number of nitrogens with zero attached hydrogens (tertiary/aromatic N) is 1. The zero-order chi connectivity index (χ0) is 11.5. The van der Waals surface area contributed by atoms with Gasteiger partial charge in [-0.05, 0) is 12.1 Å². The molecule has 2 rings (SSSR count). The monoisotopic (exact) mass is 216 g/mol. The fraction of sp³-hybridized carbons (Fsp3) is 0. The topological polar surface area (TPSA) is 72.2 Å². The number of hydrogen-bond acceptors (Lipinski definition) is 3. The molecule has 2 aromatic rings. The molecule has 2 aromatic carbocycles. The molecule has 0 aliphatic heterocycles. The number of hydrogen-bond donors (Lipinski definition) is 1. The Kier molecular flexibility index (Phi) is 2.51. The van der Waals surface area contributed by atoms with Gasteiger partial charge in [0, 0.05) is 17.1 Å². The maximum absolute atomic E-state index is 10.8. The number of anilines is 1. The van der Waals surface area contributed by atoms with Crippen LogP contribution in [0.25, 0.3) is 10.8 Å². The predicted molar refractivity (Wildman–Crippen MR) is 60.3 cm³/mol. The number of fused-ring (bicyclic) bond motifs is 1. The summed E-state index contributed by atoms with van der Waals surface area (Å²) in [6.45, 7) is 0. The fourth-order valence-corrected chi connectivity index (χ4v) is 1.64. The molecule has 0 aliphatic rings. The number of benzene rings is 2. The van der Waals surface area contributed by atoms with E-state index in [1.54, 1.807) is 30.3 Å². The Morgan fingerprint density at radius 3 is 2.50 bits per heavy atom. The van der Waals surface area contributed by atoms with Crippen LogP contribution in [0.4, 0.5) is 11.4 Å². The van der Waals surface area contributed by atoms with E-state index in [4.69, 9.17) is 0 Å². The van der Waals surface area contributed by atoms with Gasteiger partial charge in [-0.15, -0.1) is 0 Å². The summed E-state index contributed by atoms with van der Waals surface area (Å²) in [6, 6.07) is 9.78. The summed E-state index contributed by atoms with van der Waals surface area (Å²) in [5.41, 5.74) is 0.600. The molecule has 0 bridgehead atoms. The average molecular weight is 216 g/mol. The highest BCUT2D eigenvalue weighted by Gasteiger charge is 2.12. The zero-order valence-corrected chi connectivity index (χ0v) is 8.21. The molecule has 0 radical (unpaired) electrons. The van der Waals surface area contributed by atoms with Gasteiger partial charge in [-0.25, -0.2) is 0 Å². The van der Waals surface area contributed by atoms with Gasteiger partial charge in [-0.2, -0.15) is 0 Å². The van der Waals surface area contributed by atoms with Crippen LogP contribution in [-0.2, 0) is 4.79 Å². The SMILES string of the molecule is O=CNc1cccc2c([N+](=O)[O-])cccc12. The van der Waals surface area contributed by atoms with Crippen LogP contribution in [0.3, 0.4) is 0 Å². The van der Waals surface area contributed by atoms with Gasteiger partial charge in [0.1, 0.15) is 0 Å². The van der Waals surface area contributed by atoms with Crippen molar-refractivity contribution in [2.75, 3.05) is 5.32 Å². The summed E-state index contributed by atoms with van der Waals surface area (Å²) < 4.78 is 0. The Morgan fingerprint density at radius 1 is 1.12 bits per heavy atom. The van der Waals surface area contributed by atoms with E-state index in [1.165, 1.54) is 6.07 Å². The first-order chi connectivity index (χ1) is 7.74. The average Bonchev–Trinajstić information content (AvgIpc) is 2.29. The number of nitrogens with one attached hydrogen (secondary N) is 1. The van der Waals surface area contributed by atoms with E-state index in [-0.39, 0.29) is 5.69 Å². The second-order valence-corrected chi connectivity index (χ2v) is 3.20. The molecule has 0 saturated carbocycles. The van der Waals surface area contributed by atoms with Crippen LogP contribution in [0.2, 0.25) is 0 Å². The fourth-order valence-electron chi connectivity index (χ4n) is 1.64. The molecule has 80 valence electrons. The third-order valence-electron chi connectivity index (χ3n) is 2.31. The lowest BCUT2D eigenvalue weighted by molar-refractivity contribution is -0.383. The van der Waals surface area contributed by atoms with E-state index in [0.29, 0.717) is 22.9 Å². The molecular weight excluding hydrogens is 208 g/mol. The largest absolute Gasteiger partial charge is 0.328 e. The lowest BCUT2D eigenvalue weighted by Gasteiger charge is -2.04. The van der Waals surface area contributed by atoms with Gasteiger partial charge in [0.25, 0.3) is 5.69 Å². The molecule has 0 unspecified atom stereocenters. The second-order valence-electron chi connectivity index (χ2n) is 3.20. The first-order valence-electron chi connectivity index (χ1n) is 4.60. The van der Waals surface area contributed by atoms with Crippen molar-refractivity contribution >= 4 is 28.6 Å². The van der Waals surface area contributed by atoms with Crippen molar-refractivity contribution in [2.45, 2.75) is 0 Å². The van der Waals surface area contributed by atoms with Gasteiger partial charge in [0.2, 0.25) is 6.41 Å². The maximum atomic E-state index is 10.8. The van der Waals surface area contributed by atoms with Crippen molar-refractivity contribution in [3.05, 3.63) is 46.5 Å². The van der Waals surface area contributed by atoms with Crippen LogP contribution >= 0.6 is 0 Å². The number of amides is 1. The first kappa shape index (κ1) is 10.1. The van der Waals surface area contributed by atoms with Crippen molar-refractivity contribution in [3.8, 4) is 0 Å². The van der Waals surface area contributed by atoms with Gasteiger partial charge in [-0.1, -0.05) is 18.2 Å².